The van der Waals surface area contributed by atoms with Crippen LogP contribution >= 0.6 is 11.3 Å². The van der Waals surface area contributed by atoms with Gasteiger partial charge in [0.25, 0.3) is 5.56 Å². The van der Waals surface area contributed by atoms with E-state index < -0.39 is 0 Å². The van der Waals surface area contributed by atoms with Crippen molar-refractivity contribution in [3.63, 3.8) is 0 Å². The van der Waals surface area contributed by atoms with Gasteiger partial charge in [0.1, 0.15) is 11.5 Å². The maximum Gasteiger partial charge on any atom is 0.295 e. The van der Waals surface area contributed by atoms with Gasteiger partial charge in [-0.2, -0.15) is 19.7 Å². The van der Waals surface area contributed by atoms with Crippen molar-refractivity contribution in [2.45, 2.75) is 26.3 Å². The van der Waals surface area contributed by atoms with Gasteiger partial charge in [0, 0.05) is 24.2 Å². The largest absolute Gasteiger partial charge is 0.310 e. The monoisotopic (exact) mass is 318 g/mol. The number of rotatable bonds is 4. The fourth-order valence-electron chi connectivity index (χ4n) is 2.02. The van der Waals surface area contributed by atoms with Crippen LogP contribution in [0.2, 0.25) is 0 Å². The van der Waals surface area contributed by atoms with E-state index >= 15 is 0 Å². The molecule has 0 spiro atoms. The molecule has 0 aliphatic rings. The molecule has 0 aliphatic heterocycles. The molecule has 1 atom stereocenters. The molecule has 1 N–H and O–H groups in total. The molecular formula is C13H14N6O2S. The lowest BCUT2D eigenvalue weighted by Crippen LogP contribution is -2.20. The van der Waals surface area contributed by atoms with E-state index in [0.717, 1.165) is 0 Å². The average molecular weight is 318 g/mol. The first-order valence-corrected chi connectivity index (χ1v) is 7.56. The van der Waals surface area contributed by atoms with E-state index in [-0.39, 0.29) is 29.6 Å². The van der Waals surface area contributed by atoms with Gasteiger partial charge in [-0.15, -0.1) is 11.3 Å². The Morgan fingerprint density at radius 2 is 2.32 bits per heavy atom. The summed E-state index contributed by atoms with van der Waals surface area (Å²) in [4.78, 5) is 28.0. The number of nitrogens with one attached hydrogen (secondary N) is 1. The van der Waals surface area contributed by atoms with Gasteiger partial charge in [-0.1, -0.05) is 0 Å². The standard InChI is InChI=1S/C13H14N6O2S/c1-8(18-5-3-4-14-18)6-11(20)15-10-7-22-13-16-12(21)9(2)17-19(10)13/h3-5,7-8H,6H2,1-2H3,(H,15,20). The summed E-state index contributed by atoms with van der Waals surface area (Å²) < 4.78 is 3.20. The van der Waals surface area contributed by atoms with E-state index in [9.17, 15) is 9.59 Å². The number of aryl methyl sites for hydroxylation is 1. The topological polar surface area (TPSA) is 94.2 Å². The minimum atomic E-state index is -0.355. The smallest absolute Gasteiger partial charge is 0.295 e. The predicted octanol–water partition coefficient (Wildman–Crippen LogP) is 1.25. The van der Waals surface area contributed by atoms with Gasteiger partial charge in [-0.3, -0.25) is 14.3 Å². The second kappa shape index (κ2) is 5.68. The molecule has 3 aromatic rings. The minimum Gasteiger partial charge on any atom is -0.310 e. The molecule has 3 aromatic heterocycles. The highest BCUT2D eigenvalue weighted by Crippen LogP contribution is 2.18. The summed E-state index contributed by atoms with van der Waals surface area (Å²) in [6.07, 6.45) is 3.78. The maximum absolute atomic E-state index is 12.1. The summed E-state index contributed by atoms with van der Waals surface area (Å²) in [5, 5.41) is 12.8. The van der Waals surface area contributed by atoms with Gasteiger partial charge in [0.15, 0.2) is 0 Å². The Balaban J connectivity index is 1.77. The van der Waals surface area contributed by atoms with Crippen molar-refractivity contribution < 1.29 is 4.79 Å². The van der Waals surface area contributed by atoms with Gasteiger partial charge < -0.3 is 5.32 Å². The first-order chi connectivity index (χ1) is 10.5. The fraction of sp³-hybridized carbons (Fsp3) is 0.308. The second-order valence-corrected chi connectivity index (χ2v) is 5.74. The first-order valence-electron chi connectivity index (χ1n) is 6.69. The molecule has 0 saturated carbocycles. The molecule has 9 heteroatoms. The van der Waals surface area contributed by atoms with Crippen LogP contribution in [0.3, 0.4) is 0 Å². The summed E-state index contributed by atoms with van der Waals surface area (Å²) in [5.41, 5.74) is -0.0664. The van der Waals surface area contributed by atoms with Crippen LogP contribution in [0.15, 0.2) is 28.6 Å². The summed E-state index contributed by atoms with van der Waals surface area (Å²) in [5.74, 6) is 0.356. The quantitative estimate of drug-likeness (QED) is 0.781. The third-order valence-corrected chi connectivity index (χ3v) is 3.98. The predicted molar refractivity (Wildman–Crippen MR) is 82.1 cm³/mol. The normalized spacial score (nSPS) is 12.5. The van der Waals surface area contributed by atoms with Gasteiger partial charge in [-0.25, -0.2) is 0 Å². The van der Waals surface area contributed by atoms with Crippen LogP contribution in [0.25, 0.3) is 4.96 Å². The van der Waals surface area contributed by atoms with Crippen molar-refractivity contribution in [1.29, 1.82) is 0 Å². The van der Waals surface area contributed by atoms with Gasteiger partial charge in [-0.05, 0) is 19.9 Å². The zero-order chi connectivity index (χ0) is 15.7. The Morgan fingerprint density at radius 1 is 1.50 bits per heavy atom. The van der Waals surface area contributed by atoms with E-state index in [2.05, 4.69) is 20.5 Å². The Hall–Kier alpha value is -2.55. The van der Waals surface area contributed by atoms with Crippen molar-refractivity contribution in [2.75, 3.05) is 5.32 Å². The van der Waals surface area contributed by atoms with Crippen LogP contribution in [0, 0.1) is 6.92 Å². The lowest BCUT2D eigenvalue weighted by Gasteiger charge is -2.11. The van der Waals surface area contributed by atoms with Crippen molar-refractivity contribution in [3.05, 3.63) is 39.9 Å². The van der Waals surface area contributed by atoms with E-state index in [4.69, 9.17) is 0 Å². The molecule has 0 aromatic carbocycles. The molecule has 114 valence electrons. The van der Waals surface area contributed by atoms with Gasteiger partial charge >= 0.3 is 0 Å². The molecule has 22 heavy (non-hydrogen) atoms. The summed E-state index contributed by atoms with van der Waals surface area (Å²) in [6, 6.07) is 1.76. The molecule has 0 bridgehead atoms. The molecular weight excluding hydrogens is 304 g/mol. The number of hydrogen-bond acceptors (Lipinski definition) is 6. The molecule has 0 radical (unpaired) electrons. The van der Waals surface area contributed by atoms with Crippen LogP contribution < -0.4 is 10.9 Å². The second-order valence-electron chi connectivity index (χ2n) is 4.91. The highest BCUT2D eigenvalue weighted by Gasteiger charge is 2.14. The Kier molecular flexibility index (Phi) is 3.72. The third kappa shape index (κ3) is 2.75. The Bertz CT molecular complexity index is 866. The lowest BCUT2D eigenvalue weighted by molar-refractivity contribution is -0.116. The van der Waals surface area contributed by atoms with Crippen LogP contribution in [-0.2, 0) is 4.79 Å². The Labute approximate surface area is 129 Å². The first kappa shape index (κ1) is 14.4. The molecule has 3 rings (SSSR count). The average Bonchev–Trinajstić information content (AvgIpc) is 3.11. The molecule has 0 saturated heterocycles. The number of carbonyl (C=O) groups is 1. The molecule has 1 unspecified atom stereocenters. The highest BCUT2D eigenvalue weighted by atomic mass is 32.1. The Morgan fingerprint density at radius 3 is 3.05 bits per heavy atom. The molecule has 0 fully saturated rings. The number of amides is 1. The maximum atomic E-state index is 12.1. The molecule has 8 nitrogen and oxygen atoms in total. The van der Waals surface area contributed by atoms with Crippen molar-refractivity contribution in [3.8, 4) is 0 Å². The van der Waals surface area contributed by atoms with Gasteiger partial charge in [0.05, 0.1) is 6.04 Å². The van der Waals surface area contributed by atoms with E-state index in [1.807, 2.05) is 19.2 Å². The summed E-state index contributed by atoms with van der Waals surface area (Å²) in [7, 11) is 0. The van der Waals surface area contributed by atoms with Crippen molar-refractivity contribution in [2.24, 2.45) is 0 Å². The number of hydrogen-bond donors (Lipinski definition) is 1. The molecule has 0 aliphatic carbocycles. The van der Waals surface area contributed by atoms with E-state index in [1.165, 1.54) is 15.9 Å². The number of thiazole rings is 1. The van der Waals surface area contributed by atoms with Crippen LogP contribution in [0.5, 0.6) is 0 Å². The van der Waals surface area contributed by atoms with Crippen molar-refractivity contribution >= 4 is 28.0 Å². The van der Waals surface area contributed by atoms with Crippen LogP contribution in [0.1, 0.15) is 25.1 Å². The van der Waals surface area contributed by atoms with E-state index in [0.29, 0.717) is 10.8 Å². The SMILES string of the molecule is Cc1nn2c(NC(=O)CC(C)n3cccn3)csc2nc1=O. The fourth-order valence-corrected chi connectivity index (χ4v) is 2.77. The number of nitrogens with zero attached hydrogens (tertiary/aromatic N) is 5. The zero-order valence-corrected chi connectivity index (χ0v) is 12.9. The number of carbonyl (C=O) groups excluding carboxylic acids is 1. The van der Waals surface area contributed by atoms with E-state index in [1.54, 1.807) is 23.2 Å². The van der Waals surface area contributed by atoms with Crippen LogP contribution in [-0.4, -0.2) is 30.3 Å². The number of aromatic nitrogens is 5. The lowest BCUT2D eigenvalue weighted by atomic mass is 10.2. The van der Waals surface area contributed by atoms with Crippen molar-refractivity contribution in [1.82, 2.24) is 24.4 Å². The summed E-state index contributed by atoms with van der Waals surface area (Å²) in [6.45, 7) is 3.50. The highest BCUT2D eigenvalue weighted by molar-refractivity contribution is 7.15. The number of anilines is 1. The molecule has 1 amide bonds. The minimum absolute atomic E-state index is 0.0500. The number of fused-ring (bicyclic) bond motifs is 1. The third-order valence-electron chi connectivity index (χ3n) is 3.17. The zero-order valence-electron chi connectivity index (χ0n) is 12.1. The van der Waals surface area contributed by atoms with Gasteiger partial charge in [0.2, 0.25) is 10.9 Å². The van der Waals surface area contributed by atoms with Crippen LogP contribution in [0.4, 0.5) is 5.82 Å². The molecule has 3 heterocycles. The summed E-state index contributed by atoms with van der Waals surface area (Å²) >= 11 is 1.25.